The second kappa shape index (κ2) is 17.5. The van der Waals surface area contributed by atoms with Gasteiger partial charge in [-0.1, -0.05) is 0 Å². The number of hydrogen-bond donors (Lipinski definition) is 4. The second-order valence-electron chi connectivity index (χ2n) is 5.60. The van der Waals surface area contributed by atoms with E-state index < -0.39 is 37.1 Å². The van der Waals surface area contributed by atoms with E-state index in [9.17, 15) is 25.2 Å². The Labute approximate surface area is 307 Å². The number of aliphatic hydroxyl groups is 4. The normalized spacial score (nSPS) is 25.8. The molecule has 1 aromatic rings. The summed E-state index contributed by atoms with van der Waals surface area (Å²) in [5, 5.41) is 39.4. The van der Waals surface area contributed by atoms with E-state index in [4.69, 9.17) is 14.2 Å². The molecule has 0 saturated carbocycles. The van der Waals surface area contributed by atoms with E-state index in [1.807, 2.05) is 0 Å². The number of methoxy groups -OCH3 is 2. The maximum Gasteiger partial charge on any atom is 0.163 e. The molecule has 0 aliphatic carbocycles. The van der Waals surface area contributed by atoms with Gasteiger partial charge < -0.3 is 34.6 Å². The van der Waals surface area contributed by atoms with Crippen LogP contribution >= 0.6 is 0 Å². The van der Waals surface area contributed by atoms with Gasteiger partial charge in [0.1, 0.15) is 42.0 Å². The molecule has 4 radical (unpaired) electrons. The molecule has 5 unspecified atom stereocenters. The van der Waals surface area contributed by atoms with Crippen molar-refractivity contribution in [2.45, 2.75) is 37.4 Å². The third-order valence-electron chi connectivity index (χ3n) is 4.13. The number of ether oxygens (including phenoxy) is 3. The molecule has 146 valence electrons. The minimum Gasteiger partial charge on any atom is -0.496 e. The number of carbonyl (C=O) groups excluding carboxylic acids is 1. The van der Waals surface area contributed by atoms with Gasteiger partial charge in [-0.15, -0.1) is 0 Å². The summed E-state index contributed by atoms with van der Waals surface area (Å²) in [4.78, 5) is 11.8. The first-order valence-electron chi connectivity index (χ1n) is 7.43. The Hall–Kier alpha value is 4.06. The van der Waals surface area contributed by atoms with Crippen molar-refractivity contribution in [3.8, 4) is 11.5 Å². The van der Waals surface area contributed by atoms with Gasteiger partial charge in [0.15, 0.2) is 5.78 Å². The molecule has 0 amide bonds. The number of hydrogen-bond acceptors (Lipinski definition) is 8. The summed E-state index contributed by atoms with van der Waals surface area (Å²) in [6.07, 6.45) is -6.60. The molecule has 28 heavy (non-hydrogen) atoms. The Bertz CT molecular complexity index is 617. The summed E-state index contributed by atoms with van der Waals surface area (Å²) in [5.74, 6) is 0.314. The Kier molecular flexibility index (Phi) is 22.9. The molecule has 8 nitrogen and oxygen atoms in total. The van der Waals surface area contributed by atoms with Gasteiger partial charge in [-0.2, -0.15) is 0 Å². The van der Waals surface area contributed by atoms with Crippen LogP contribution in [0.25, 0.3) is 0 Å². The fraction of sp³-hybridized carbons (Fsp3) is 0.562. The van der Waals surface area contributed by atoms with Crippen molar-refractivity contribution in [3.05, 3.63) is 23.3 Å². The van der Waals surface area contributed by atoms with Gasteiger partial charge in [-0.05, 0) is 13.0 Å². The minimum atomic E-state index is -1.52. The average molecular weight is 1250 g/mol. The van der Waals surface area contributed by atoms with Gasteiger partial charge in [0, 0.05) is 188 Å². The van der Waals surface area contributed by atoms with Crippen molar-refractivity contribution in [1.82, 2.24) is 0 Å². The molecular weight excluding hydrogens is 1230 g/mol. The SMILES string of the molecule is COc1cc(OC)c(C2OC(CO)C(O)C(O)C2O)cc1C(C)=O.[Ac].[Ac].[Ac].[Ac]. The number of ketones is 1. The van der Waals surface area contributed by atoms with Crippen LogP contribution in [-0.2, 0) is 4.74 Å². The quantitative estimate of drug-likeness (QED) is 0.290. The van der Waals surface area contributed by atoms with Crippen molar-refractivity contribution in [3.63, 3.8) is 0 Å². The topological polar surface area (TPSA) is 126 Å². The fourth-order valence-corrected chi connectivity index (χ4v) is 2.78. The van der Waals surface area contributed by atoms with Crippen LogP contribution in [-0.4, -0.2) is 71.5 Å². The Balaban J connectivity index is -0.00000156. The van der Waals surface area contributed by atoms with Crippen LogP contribution in [0.4, 0.5) is 0 Å². The van der Waals surface area contributed by atoms with Crippen molar-refractivity contribution < 1.29 is 216 Å². The average Bonchev–Trinajstić information content (AvgIpc) is 2.58. The summed E-state index contributed by atoms with van der Waals surface area (Å²) in [6, 6.07) is 2.93. The molecule has 1 aliphatic rings. The molecule has 0 bridgehead atoms. The van der Waals surface area contributed by atoms with E-state index in [-0.39, 0.29) is 193 Å². The standard InChI is InChI=1S/C16H22O8.4Ac/c1-7(18)8-4-9(11(23-3)5-10(8)22-2)16-15(21)14(20)13(19)12(6-17)24-16;;;;/h4-5,12-17,19-21H,6H2,1-3H3;;;;. The Morgan fingerprint density at radius 2 is 1.50 bits per heavy atom. The van der Waals surface area contributed by atoms with Crippen LogP contribution in [0.1, 0.15) is 28.9 Å². The van der Waals surface area contributed by atoms with E-state index in [0.717, 1.165) is 0 Å². The van der Waals surface area contributed by atoms with Crippen molar-refractivity contribution >= 4 is 5.78 Å². The number of rotatable bonds is 5. The molecule has 1 saturated heterocycles. The first-order valence-corrected chi connectivity index (χ1v) is 7.43. The summed E-state index contributed by atoms with van der Waals surface area (Å²) in [6.45, 7) is 0.820. The van der Waals surface area contributed by atoms with E-state index in [0.29, 0.717) is 11.3 Å². The van der Waals surface area contributed by atoms with Crippen LogP contribution in [0.3, 0.4) is 0 Å². The number of carbonyl (C=O) groups is 1. The van der Waals surface area contributed by atoms with E-state index in [1.165, 1.54) is 33.3 Å². The maximum atomic E-state index is 11.8. The largest absolute Gasteiger partial charge is 0.496 e. The molecule has 1 aromatic carbocycles. The third kappa shape index (κ3) is 8.68. The van der Waals surface area contributed by atoms with Crippen LogP contribution in [0, 0.1) is 176 Å². The summed E-state index contributed by atoms with van der Waals surface area (Å²) >= 11 is 0. The third-order valence-corrected chi connectivity index (χ3v) is 4.13. The molecule has 5 atom stereocenters. The van der Waals surface area contributed by atoms with Crippen molar-refractivity contribution in [2.75, 3.05) is 20.8 Å². The van der Waals surface area contributed by atoms with Gasteiger partial charge in [-0.25, -0.2) is 0 Å². The summed E-state index contributed by atoms with van der Waals surface area (Å²) in [5.41, 5.74) is 0.561. The molecule has 0 aromatic heterocycles. The van der Waals surface area contributed by atoms with E-state index >= 15 is 0 Å². The first-order chi connectivity index (χ1) is 11.3. The predicted molar refractivity (Wildman–Crippen MR) is 82.3 cm³/mol. The number of Topliss-reactive ketones (excluding diaryl/α,β-unsaturated/α-hetero) is 1. The summed E-state index contributed by atoms with van der Waals surface area (Å²) < 4.78 is 16.0. The Morgan fingerprint density at radius 3 is 1.93 bits per heavy atom. The first kappa shape index (κ1) is 36.6. The van der Waals surface area contributed by atoms with Gasteiger partial charge in [-0.3, -0.25) is 4.79 Å². The molecule has 0 spiro atoms. The number of benzene rings is 1. The van der Waals surface area contributed by atoms with Gasteiger partial charge in [0.2, 0.25) is 0 Å². The van der Waals surface area contributed by atoms with Crippen LogP contribution < -0.4 is 9.47 Å². The Morgan fingerprint density at radius 1 is 0.964 bits per heavy atom. The van der Waals surface area contributed by atoms with E-state index in [2.05, 4.69) is 0 Å². The molecule has 1 fully saturated rings. The zero-order valence-electron chi connectivity index (χ0n) is 16.0. The van der Waals surface area contributed by atoms with Gasteiger partial charge in [0.05, 0.1) is 26.4 Å². The van der Waals surface area contributed by atoms with Crippen molar-refractivity contribution in [1.29, 1.82) is 0 Å². The van der Waals surface area contributed by atoms with Crippen LogP contribution in [0.15, 0.2) is 12.1 Å². The molecule has 12 heteroatoms. The fourth-order valence-electron chi connectivity index (χ4n) is 2.78. The monoisotopic (exact) mass is 1250 g/mol. The van der Waals surface area contributed by atoms with Crippen LogP contribution in [0.2, 0.25) is 0 Å². The van der Waals surface area contributed by atoms with Crippen LogP contribution in [0.5, 0.6) is 11.5 Å². The summed E-state index contributed by atoms with van der Waals surface area (Å²) in [7, 11) is 2.81. The molecule has 2 rings (SSSR count). The molecule has 4 N–H and O–H groups in total. The van der Waals surface area contributed by atoms with Crippen molar-refractivity contribution in [2.24, 2.45) is 0 Å². The zero-order valence-corrected chi connectivity index (χ0v) is 35.0. The smallest absolute Gasteiger partial charge is 0.163 e. The molecular formula is C16H22Ac4O8. The zero-order chi connectivity index (χ0) is 18.0. The van der Waals surface area contributed by atoms with Gasteiger partial charge in [0.25, 0.3) is 0 Å². The van der Waals surface area contributed by atoms with E-state index in [1.54, 1.807) is 0 Å². The van der Waals surface area contributed by atoms with Gasteiger partial charge >= 0.3 is 0 Å². The molecule has 1 heterocycles. The minimum absolute atomic E-state index is 0. The second-order valence-corrected chi connectivity index (χ2v) is 5.60. The predicted octanol–water partition coefficient (Wildman–Crippen LogP) is -0.579. The number of aliphatic hydroxyl groups excluding tert-OH is 4. The maximum absolute atomic E-state index is 11.8. The molecule has 1 aliphatic heterocycles.